The number of hydrogen-bond acceptors (Lipinski definition) is 2. The first-order valence-corrected chi connectivity index (χ1v) is 22.0. The molecule has 0 bridgehead atoms. The number of anilines is 3. The van der Waals surface area contributed by atoms with Gasteiger partial charge in [-0.2, -0.15) is 0 Å². The summed E-state index contributed by atoms with van der Waals surface area (Å²) in [6, 6.07) is 88.3. The third-order valence-corrected chi connectivity index (χ3v) is 13.5. The van der Waals surface area contributed by atoms with Crippen LogP contribution in [0.1, 0.15) is 22.3 Å². The first-order chi connectivity index (χ1) is 31.8. The molecule has 300 valence electrons. The van der Waals surface area contributed by atoms with E-state index in [0.29, 0.717) is 0 Å². The number of aromatic nitrogens is 1. The molecule has 10 aromatic carbocycles. The minimum Gasteiger partial charge on any atom is -0.456 e. The third kappa shape index (κ3) is 5.34. The Bertz CT molecular complexity index is 3640. The van der Waals surface area contributed by atoms with Crippen molar-refractivity contribution < 1.29 is 4.42 Å². The van der Waals surface area contributed by atoms with Crippen LogP contribution in [0.15, 0.2) is 247 Å². The molecule has 3 heteroatoms. The molecule has 3 nitrogen and oxygen atoms in total. The van der Waals surface area contributed by atoms with E-state index in [9.17, 15) is 0 Å². The van der Waals surface area contributed by atoms with E-state index >= 15 is 0 Å². The maximum Gasteiger partial charge on any atom is 0.135 e. The molecule has 0 radical (unpaired) electrons. The van der Waals surface area contributed by atoms with Crippen molar-refractivity contribution in [1.29, 1.82) is 0 Å². The van der Waals surface area contributed by atoms with Crippen LogP contribution in [0.5, 0.6) is 0 Å². The summed E-state index contributed by atoms with van der Waals surface area (Å²) < 4.78 is 8.76. The highest BCUT2D eigenvalue weighted by molar-refractivity contribution is 6.10. The van der Waals surface area contributed by atoms with Crippen molar-refractivity contribution in [1.82, 2.24) is 4.57 Å². The van der Waals surface area contributed by atoms with Gasteiger partial charge in [0.05, 0.1) is 22.1 Å². The zero-order valence-corrected chi connectivity index (χ0v) is 34.9. The van der Waals surface area contributed by atoms with Crippen LogP contribution in [0, 0.1) is 0 Å². The lowest BCUT2D eigenvalue weighted by Gasteiger charge is -2.34. The molecule has 0 atom stereocenters. The van der Waals surface area contributed by atoms with E-state index in [1.165, 1.54) is 55.2 Å². The molecule has 1 aliphatic rings. The zero-order chi connectivity index (χ0) is 42.2. The second kappa shape index (κ2) is 14.3. The van der Waals surface area contributed by atoms with Crippen molar-refractivity contribution in [3.05, 3.63) is 265 Å². The van der Waals surface area contributed by atoms with Gasteiger partial charge in [0.2, 0.25) is 0 Å². The van der Waals surface area contributed by atoms with Gasteiger partial charge in [0, 0.05) is 44.2 Å². The van der Waals surface area contributed by atoms with Crippen molar-refractivity contribution in [2.45, 2.75) is 5.41 Å². The standard InChI is InChI=1S/C61H40N2O/c1-3-18-43(19-4-1)61(44-20-5-2-6-21-44)53-27-11-7-26-51(53)60-54(61)28-16-31-57(60)62(47-37-38-59-52(40-47)50-25-10-14-32-58(50)64-59)45-35-33-41(34-36-45)42-17-15-22-46(39-42)63-55-29-12-8-23-48(55)49-24-9-13-30-56(49)63/h1-40H. The highest BCUT2D eigenvalue weighted by atomic mass is 16.3. The molecule has 0 saturated heterocycles. The molecule has 0 N–H and O–H groups in total. The predicted molar refractivity (Wildman–Crippen MR) is 265 cm³/mol. The summed E-state index contributed by atoms with van der Waals surface area (Å²) in [6.45, 7) is 0. The maximum atomic E-state index is 6.37. The van der Waals surface area contributed by atoms with Crippen molar-refractivity contribution in [2.24, 2.45) is 0 Å². The fraction of sp³-hybridized carbons (Fsp3) is 0.0164. The SMILES string of the molecule is c1ccc(C2(c3ccccc3)c3ccccc3-c3c(N(c4ccc(-c5cccc(-n6c7ccccc7c7ccccc76)c5)cc4)c4ccc5oc6ccccc6c5c4)cccc32)cc1. The topological polar surface area (TPSA) is 21.3 Å². The van der Waals surface area contributed by atoms with E-state index in [4.69, 9.17) is 4.42 Å². The molecule has 0 amide bonds. The number of furan rings is 1. The Morgan fingerprint density at radius 2 is 0.953 bits per heavy atom. The molecule has 1 aliphatic carbocycles. The van der Waals surface area contributed by atoms with Crippen molar-refractivity contribution in [3.63, 3.8) is 0 Å². The van der Waals surface area contributed by atoms with Gasteiger partial charge in [-0.1, -0.05) is 176 Å². The fourth-order valence-corrected chi connectivity index (χ4v) is 10.8. The van der Waals surface area contributed by atoms with Crippen molar-refractivity contribution in [2.75, 3.05) is 4.90 Å². The van der Waals surface area contributed by atoms with Gasteiger partial charge in [-0.05, 0) is 106 Å². The van der Waals surface area contributed by atoms with E-state index in [1.807, 2.05) is 6.07 Å². The lowest BCUT2D eigenvalue weighted by molar-refractivity contribution is 0.669. The summed E-state index contributed by atoms with van der Waals surface area (Å²) >= 11 is 0. The lowest BCUT2D eigenvalue weighted by Crippen LogP contribution is -2.28. The van der Waals surface area contributed by atoms with E-state index in [2.05, 4.69) is 246 Å². The number of para-hydroxylation sites is 3. The highest BCUT2D eigenvalue weighted by Gasteiger charge is 2.47. The molecule has 0 fully saturated rings. The van der Waals surface area contributed by atoms with E-state index in [0.717, 1.165) is 55.8 Å². The average molecular weight is 817 g/mol. The molecule has 0 saturated carbocycles. The molecule has 13 rings (SSSR count). The first-order valence-electron chi connectivity index (χ1n) is 22.0. The molecular formula is C61H40N2O. The Balaban J connectivity index is 1.01. The monoisotopic (exact) mass is 816 g/mol. The Kier molecular flexibility index (Phi) is 8.13. The van der Waals surface area contributed by atoms with E-state index in [1.54, 1.807) is 0 Å². The van der Waals surface area contributed by atoms with Crippen LogP contribution in [0.25, 0.3) is 71.7 Å². The normalized spacial score (nSPS) is 12.8. The molecule has 0 aliphatic heterocycles. The molecule has 2 heterocycles. The van der Waals surface area contributed by atoms with Gasteiger partial charge in [-0.3, -0.25) is 0 Å². The second-order valence-electron chi connectivity index (χ2n) is 16.8. The minimum atomic E-state index is -0.522. The van der Waals surface area contributed by atoms with Crippen molar-refractivity contribution in [3.8, 4) is 27.9 Å². The maximum absolute atomic E-state index is 6.37. The van der Waals surface area contributed by atoms with Gasteiger partial charge in [-0.15, -0.1) is 0 Å². The summed E-state index contributed by atoms with van der Waals surface area (Å²) in [7, 11) is 0. The quantitative estimate of drug-likeness (QED) is 0.160. The Morgan fingerprint density at radius 3 is 1.69 bits per heavy atom. The van der Waals surface area contributed by atoms with Crippen LogP contribution in [0.2, 0.25) is 0 Å². The molecular weight excluding hydrogens is 777 g/mol. The summed E-state index contributed by atoms with van der Waals surface area (Å²) in [5.74, 6) is 0. The minimum absolute atomic E-state index is 0.522. The van der Waals surface area contributed by atoms with Gasteiger partial charge in [-0.25, -0.2) is 0 Å². The largest absolute Gasteiger partial charge is 0.456 e. The summed E-state index contributed by atoms with van der Waals surface area (Å²) in [6.07, 6.45) is 0. The fourth-order valence-electron chi connectivity index (χ4n) is 10.8. The third-order valence-electron chi connectivity index (χ3n) is 13.5. The van der Waals surface area contributed by atoms with Gasteiger partial charge in [0.15, 0.2) is 0 Å². The predicted octanol–water partition coefficient (Wildman–Crippen LogP) is 16.2. The van der Waals surface area contributed by atoms with Crippen LogP contribution >= 0.6 is 0 Å². The molecule has 12 aromatic rings. The van der Waals surface area contributed by atoms with Crippen molar-refractivity contribution >= 4 is 60.8 Å². The number of hydrogen-bond donors (Lipinski definition) is 0. The summed E-state index contributed by atoms with van der Waals surface area (Å²) in [5, 5.41) is 4.71. The smallest absolute Gasteiger partial charge is 0.135 e. The van der Waals surface area contributed by atoms with Gasteiger partial charge < -0.3 is 13.9 Å². The average Bonchev–Trinajstić information content (AvgIpc) is 4.02. The van der Waals surface area contributed by atoms with Crippen LogP contribution in [0.3, 0.4) is 0 Å². The van der Waals surface area contributed by atoms with Crippen LogP contribution in [0.4, 0.5) is 17.1 Å². The number of fused-ring (bicyclic) bond motifs is 9. The Hall–Kier alpha value is -8.40. The first kappa shape index (κ1) is 36.3. The molecule has 0 unspecified atom stereocenters. The second-order valence-corrected chi connectivity index (χ2v) is 16.8. The molecule has 2 aromatic heterocycles. The summed E-state index contributed by atoms with van der Waals surface area (Å²) in [4.78, 5) is 2.45. The molecule has 64 heavy (non-hydrogen) atoms. The zero-order valence-electron chi connectivity index (χ0n) is 34.9. The number of rotatable bonds is 7. The van der Waals surface area contributed by atoms with Gasteiger partial charge in [0.1, 0.15) is 11.2 Å². The lowest BCUT2D eigenvalue weighted by atomic mass is 9.68. The van der Waals surface area contributed by atoms with E-state index in [-0.39, 0.29) is 0 Å². The Labute approximate surface area is 371 Å². The van der Waals surface area contributed by atoms with E-state index < -0.39 is 5.41 Å². The van der Waals surface area contributed by atoms with Gasteiger partial charge >= 0.3 is 0 Å². The Morgan fingerprint density at radius 1 is 0.375 bits per heavy atom. The van der Waals surface area contributed by atoms with Gasteiger partial charge in [0.25, 0.3) is 0 Å². The number of benzene rings is 10. The van der Waals surface area contributed by atoms with Crippen LogP contribution in [-0.2, 0) is 5.41 Å². The summed E-state index contributed by atoms with van der Waals surface area (Å²) in [5.41, 5.74) is 17.8. The highest BCUT2D eigenvalue weighted by Crippen LogP contribution is 2.59. The molecule has 0 spiro atoms. The number of nitrogens with zero attached hydrogens (tertiary/aromatic N) is 2. The van der Waals surface area contributed by atoms with Crippen LogP contribution in [-0.4, -0.2) is 4.57 Å². The van der Waals surface area contributed by atoms with Crippen LogP contribution < -0.4 is 4.90 Å².